The van der Waals surface area contributed by atoms with Crippen LogP contribution in [0.15, 0.2) is 54.6 Å². The van der Waals surface area contributed by atoms with E-state index in [0.717, 1.165) is 5.56 Å². The third-order valence-corrected chi connectivity index (χ3v) is 4.03. The fraction of sp³-hybridized carbons (Fsp3) is 0.278. The van der Waals surface area contributed by atoms with Crippen LogP contribution in [0.3, 0.4) is 0 Å². The Kier molecular flexibility index (Phi) is 4.46. The Morgan fingerprint density at radius 1 is 1.14 bits per heavy atom. The van der Waals surface area contributed by atoms with Gasteiger partial charge in [0.05, 0.1) is 12.6 Å². The van der Waals surface area contributed by atoms with Crippen LogP contribution in [-0.2, 0) is 4.74 Å². The highest BCUT2D eigenvalue weighted by Crippen LogP contribution is 2.26. The van der Waals surface area contributed by atoms with E-state index >= 15 is 0 Å². The Labute approximate surface area is 135 Å². The van der Waals surface area contributed by atoms with Gasteiger partial charge in [0, 0.05) is 17.1 Å². The molecular formula is C18H18ClNO2. The molecule has 2 aromatic carbocycles. The van der Waals surface area contributed by atoms with Crippen LogP contribution in [0.5, 0.6) is 0 Å². The zero-order valence-corrected chi connectivity index (χ0v) is 13.2. The van der Waals surface area contributed by atoms with Gasteiger partial charge in [0.25, 0.3) is 5.91 Å². The Bertz CT molecular complexity index is 659. The van der Waals surface area contributed by atoms with Gasteiger partial charge in [-0.1, -0.05) is 48.0 Å². The third kappa shape index (κ3) is 3.32. The number of rotatable bonds is 2. The van der Waals surface area contributed by atoms with E-state index in [1.54, 1.807) is 24.3 Å². The molecule has 0 radical (unpaired) electrons. The molecule has 0 aromatic heterocycles. The number of nitrogens with zero attached hydrogens (tertiary/aromatic N) is 1. The maximum atomic E-state index is 12.7. The number of carbonyl (C=O) groups excluding carboxylic acids is 1. The minimum Gasteiger partial charge on any atom is -0.367 e. The standard InChI is InChI=1S/C18H18ClNO2/c1-13-11-20(18(21)15-8-5-9-16(19)10-15)12-17(22-13)14-6-3-2-4-7-14/h2-10,13,17H,11-12H2,1H3. The van der Waals surface area contributed by atoms with Crippen LogP contribution in [0.4, 0.5) is 0 Å². The normalized spacial score (nSPS) is 21.6. The first-order valence-electron chi connectivity index (χ1n) is 7.39. The SMILES string of the molecule is CC1CN(C(=O)c2cccc(Cl)c2)CC(c2ccccc2)O1. The molecular weight excluding hydrogens is 298 g/mol. The smallest absolute Gasteiger partial charge is 0.254 e. The Morgan fingerprint density at radius 2 is 1.91 bits per heavy atom. The number of ether oxygens (including phenoxy) is 1. The molecule has 114 valence electrons. The van der Waals surface area contributed by atoms with Crippen molar-refractivity contribution >= 4 is 17.5 Å². The molecule has 1 amide bonds. The second-order valence-electron chi connectivity index (χ2n) is 5.57. The Morgan fingerprint density at radius 3 is 2.64 bits per heavy atom. The quantitative estimate of drug-likeness (QED) is 0.840. The molecule has 3 nitrogen and oxygen atoms in total. The highest BCUT2D eigenvalue weighted by molar-refractivity contribution is 6.30. The number of halogens is 1. The molecule has 4 heteroatoms. The van der Waals surface area contributed by atoms with Gasteiger partial charge in [-0.3, -0.25) is 4.79 Å². The molecule has 0 aliphatic carbocycles. The second kappa shape index (κ2) is 6.51. The molecule has 0 spiro atoms. The van der Waals surface area contributed by atoms with Crippen molar-refractivity contribution in [1.82, 2.24) is 4.90 Å². The summed E-state index contributed by atoms with van der Waals surface area (Å²) >= 11 is 5.99. The molecule has 1 saturated heterocycles. The van der Waals surface area contributed by atoms with Gasteiger partial charge >= 0.3 is 0 Å². The van der Waals surface area contributed by atoms with Gasteiger partial charge in [0.1, 0.15) is 6.10 Å². The van der Waals surface area contributed by atoms with Gasteiger partial charge in [-0.05, 0) is 30.7 Å². The summed E-state index contributed by atoms with van der Waals surface area (Å²) in [5, 5.41) is 0.576. The van der Waals surface area contributed by atoms with Crippen molar-refractivity contribution in [3.8, 4) is 0 Å². The van der Waals surface area contributed by atoms with Crippen LogP contribution in [0.2, 0.25) is 5.02 Å². The van der Waals surface area contributed by atoms with E-state index < -0.39 is 0 Å². The number of hydrogen-bond donors (Lipinski definition) is 0. The summed E-state index contributed by atoms with van der Waals surface area (Å²) in [6.45, 7) is 3.14. The van der Waals surface area contributed by atoms with Crippen molar-refractivity contribution in [2.45, 2.75) is 19.1 Å². The van der Waals surface area contributed by atoms with Gasteiger partial charge in [0.15, 0.2) is 0 Å². The second-order valence-corrected chi connectivity index (χ2v) is 6.00. The Hall–Kier alpha value is -1.84. The van der Waals surface area contributed by atoms with Gasteiger partial charge in [0.2, 0.25) is 0 Å². The molecule has 3 rings (SSSR count). The number of morpholine rings is 1. The van der Waals surface area contributed by atoms with Crippen molar-refractivity contribution in [2.75, 3.05) is 13.1 Å². The molecule has 1 heterocycles. The summed E-state index contributed by atoms with van der Waals surface area (Å²) in [4.78, 5) is 14.5. The predicted molar refractivity (Wildman–Crippen MR) is 87.1 cm³/mol. The maximum Gasteiger partial charge on any atom is 0.254 e. The fourth-order valence-corrected chi connectivity index (χ4v) is 2.96. The average molecular weight is 316 g/mol. The van der Waals surface area contributed by atoms with E-state index in [0.29, 0.717) is 23.7 Å². The van der Waals surface area contributed by atoms with Crippen LogP contribution in [0, 0.1) is 0 Å². The van der Waals surface area contributed by atoms with Crippen molar-refractivity contribution in [2.24, 2.45) is 0 Å². The lowest BCUT2D eigenvalue weighted by Gasteiger charge is -2.37. The molecule has 2 unspecified atom stereocenters. The fourth-order valence-electron chi connectivity index (χ4n) is 2.77. The van der Waals surface area contributed by atoms with Crippen LogP contribution in [-0.4, -0.2) is 30.0 Å². The monoisotopic (exact) mass is 315 g/mol. The number of hydrogen-bond acceptors (Lipinski definition) is 2. The van der Waals surface area contributed by atoms with Crippen LogP contribution < -0.4 is 0 Å². The number of amides is 1. The van der Waals surface area contributed by atoms with Crippen molar-refractivity contribution in [3.05, 3.63) is 70.7 Å². The van der Waals surface area contributed by atoms with E-state index in [4.69, 9.17) is 16.3 Å². The first-order valence-corrected chi connectivity index (χ1v) is 7.76. The summed E-state index contributed by atoms with van der Waals surface area (Å²) < 4.78 is 5.99. The number of carbonyl (C=O) groups is 1. The highest BCUT2D eigenvalue weighted by Gasteiger charge is 2.29. The largest absolute Gasteiger partial charge is 0.367 e. The molecule has 0 N–H and O–H groups in total. The lowest BCUT2D eigenvalue weighted by molar-refractivity contribution is -0.0691. The zero-order chi connectivity index (χ0) is 15.5. The molecule has 0 saturated carbocycles. The van der Waals surface area contributed by atoms with Crippen LogP contribution >= 0.6 is 11.6 Å². The van der Waals surface area contributed by atoms with E-state index in [1.165, 1.54) is 0 Å². The topological polar surface area (TPSA) is 29.5 Å². The first-order chi connectivity index (χ1) is 10.6. The van der Waals surface area contributed by atoms with Gasteiger partial charge < -0.3 is 9.64 Å². The molecule has 1 aliphatic heterocycles. The minimum atomic E-state index is -0.0897. The van der Waals surface area contributed by atoms with E-state index in [2.05, 4.69) is 0 Å². The lowest BCUT2D eigenvalue weighted by Crippen LogP contribution is -2.45. The average Bonchev–Trinajstić information content (AvgIpc) is 2.54. The summed E-state index contributed by atoms with van der Waals surface area (Å²) in [6, 6.07) is 17.1. The summed E-state index contributed by atoms with van der Waals surface area (Å²) in [5.41, 5.74) is 1.71. The highest BCUT2D eigenvalue weighted by atomic mass is 35.5. The Balaban J connectivity index is 1.80. The third-order valence-electron chi connectivity index (χ3n) is 3.79. The van der Waals surface area contributed by atoms with Gasteiger partial charge in [-0.2, -0.15) is 0 Å². The molecule has 1 fully saturated rings. The molecule has 0 bridgehead atoms. The van der Waals surface area contributed by atoms with Crippen molar-refractivity contribution in [1.29, 1.82) is 0 Å². The summed E-state index contributed by atoms with van der Waals surface area (Å²) in [7, 11) is 0. The van der Waals surface area contributed by atoms with E-state index in [9.17, 15) is 4.79 Å². The van der Waals surface area contributed by atoms with Gasteiger partial charge in [-0.25, -0.2) is 0 Å². The lowest BCUT2D eigenvalue weighted by atomic mass is 10.1. The van der Waals surface area contributed by atoms with E-state index in [1.807, 2.05) is 42.2 Å². The van der Waals surface area contributed by atoms with Crippen LogP contribution in [0.1, 0.15) is 28.9 Å². The van der Waals surface area contributed by atoms with E-state index in [-0.39, 0.29) is 18.1 Å². The molecule has 2 aromatic rings. The molecule has 1 aliphatic rings. The maximum absolute atomic E-state index is 12.7. The van der Waals surface area contributed by atoms with Crippen LogP contribution in [0.25, 0.3) is 0 Å². The van der Waals surface area contributed by atoms with Crippen molar-refractivity contribution < 1.29 is 9.53 Å². The molecule has 2 atom stereocenters. The minimum absolute atomic E-state index is 0.00131. The first kappa shape index (κ1) is 15.1. The molecule has 22 heavy (non-hydrogen) atoms. The zero-order valence-electron chi connectivity index (χ0n) is 12.4. The predicted octanol–water partition coefficient (Wildman–Crippen LogP) is 3.94. The van der Waals surface area contributed by atoms with Crippen molar-refractivity contribution in [3.63, 3.8) is 0 Å². The summed E-state index contributed by atoms with van der Waals surface area (Å²) in [6.07, 6.45) is -0.0878. The van der Waals surface area contributed by atoms with Gasteiger partial charge in [-0.15, -0.1) is 0 Å². The summed E-state index contributed by atoms with van der Waals surface area (Å²) in [5.74, 6) is -0.00131. The number of benzene rings is 2.